The molecule has 1 atom stereocenters. The highest BCUT2D eigenvalue weighted by Gasteiger charge is 2.23. The van der Waals surface area contributed by atoms with Gasteiger partial charge in [0, 0.05) is 44.6 Å². The lowest BCUT2D eigenvalue weighted by molar-refractivity contribution is 0.209. The predicted octanol–water partition coefficient (Wildman–Crippen LogP) is 2.44. The summed E-state index contributed by atoms with van der Waals surface area (Å²) in [6.07, 6.45) is 4.86. The fourth-order valence-corrected chi connectivity index (χ4v) is 3.42. The zero-order valence-electron chi connectivity index (χ0n) is 13.9. The van der Waals surface area contributed by atoms with Gasteiger partial charge in [-0.15, -0.1) is 0 Å². The number of hydrogen-bond acceptors (Lipinski definition) is 4. The molecular weight excluding hydrogens is 272 g/mol. The third-order valence-electron chi connectivity index (χ3n) is 4.65. The van der Waals surface area contributed by atoms with E-state index in [0.717, 1.165) is 30.5 Å². The van der Waals surface area contributed by atoms with Crippen LogP contribution in [0, 0.1) is 5.92 Å². The summed E-state index contributed by atoms with van der Waals surface area (Å²) in [4.78, 5) is 14.0. The van der Waals surface area contributed by atoms with Gasteiger partial charge in [0.05, 0.1) is 11.0 Å². The number of likely N-dealkylation sites (N-methyl/N-ethyl adjacent to an activating group) is 1. The van der Waals surface area contributed by atoms with Crippen molar-refractivity contribution in [2.24, 2.45) is 5.92 Å². The van der Waals surface area contributed by atoms with E-state index in [1.54, 1.807) is 0 Å². The van der Waals surface area contributed by atoms with Gasteiger partial charge in [-0.2, -0.15) is 0 Å². The average molecular weight is 298 g/mol. The van der Waals surface area contributed by atoms with Crippen molar-refractivity contribution in [3.63, 3.8) is 0 Å². The number of fused-ring (bicyclic) bond motifs is 1. The molecule has 0 spiro atoms. The minimum absolute atomic E-state index is 0.612. The molecule has 22 heavy (non-hydrogen) atoms. The highest BCUT2D eigenvalue weighted by Crippen LogP contribution is 2.20. The van der Waals surface area contributed by atoms with Crippen LogP contribution in [-0.4, -0.2) is 59.0 Å². The van der Waals surface area contributed by atoms with Crippen LogP contribution in [0.15, 0.2) is 30.6 Å². The average Bonchev–Trinajstić information content (AvgIpc) is 2.69. The lowest BCUT2D eigenvalue weighted by Gasteiger charge is -2.27. The molecule has 0 saturated carbocycles. The van der Waals surface area contributed by atoms with E-state index in [-0.39, 0.29) is 0 Å². The molecule has 4 nitrogen and oxygen atoms in total. The van der Waals surface area contributed by atoms with Gasteiger partial charge < -0.3 is 4.90 Å². The van der Waals surface area contributed by atoms with Crippen LogP contribution in [0.1, 0.15) is 19.4 Å². The van der Waals surface area contributed by atoms with Crippen molar-refractivity contribution >= 4 is 11.0 Å². The maximum absolute atomic E-state index is 4.55. The Morgan fingerprint density at radius 1 is 1.14 bits per heavy atom. The van der Waals surface area contributed by atoms with Crippen LogP contribution in [-0.2, 0) is 6.42 Å². The van der Waals surface area contributed by atoms with E-state index in [9.17, 15) is 0 Å². The molecule has 0 radical (unpaired) electrons. The second-order valence-corrected chi connectivity index (χ2v) is 6.76. The van der Waals surface area contributed by atoms with E-state index in [1.165, 1.54) is 18.7 Å². The molecule has 0 aromatic carbocycles. The quantitative estimate of drug-likeness (QED) is 0.871. The van der Waals surface area contributed by atoms with Gasteiger partial charge in [0.25, 0.3) is 0 Å². The molecular formula is C18H26N4. The first kappa shape index (κ1) is 15.4. The van der Waals surface area contributed by atoms with Crippen LogP contribution >= 0.6 is 0 Å². The molecule has 2 aromatic heterocycles. The fourth-order valence-electron chi connectivity index (χ4n) is 3.42. The molecule has 0 N–H and O–H groups in total. The van der Waals surface area contributed by atoms with E-state index < -0.39 is 0 Å². The molecule has 1 fully saturated rings. The number of nitrogens with zero attached hydrogens (tertiary/aromatic N) is 4. The maximum atomic E-state index is 4.55. The summed E-state index contributed by atoms with van der Waals surface area (Å²) >= 11 is 0. The van der Waals surface area contributed by atoms with Gasteiger partial charge in [-0.3, -0.25) is 14.9 Å². The molecule has 1 aliphatic rings. The summed E-state index contributed by atoms with van der Waals surface area (Å²) in [5.41, 5.74) is 3.39. The third-order valence-corrected chi connectivity index (χ3v) is 4.65. The summed E-state index contributed by atoms with van der Waals surface area (Å²) in [7, 11) is 2.24. The molecule has 0 bridgehead atoms. The van der Waals surface area contributed by atoms with Crippen molar-refractivity contribution < 1.29 is 0 Å². The monoisotopic (exact) mass is 298 g/mol. The molecule has 1 saturated heterocycles. The lowest BCUT2D eigenvalue weighted by atomic mass is 9.97. The first-order chi connectivity index (χ1) is 10.6. The Morgan fingerprint density at radius 3 is 2.82 bits per heavy atom. The smallest absolute Gasteiger partial charge is 0.0918 e. The van der Waals surface area contributed by atoms with Crippen LogP contribution in [0.5, 0.6) is 0 Å². The number of hydrogen-bond donors (Lipinski definition) is 0. The zero-order valence-corrected chi connectivity index (χ0v) is 13.9. The highest BCUT2D eigenvalue weighted by molar-refractivity contribution is 5.77. The Bertz CT molecular complexity index is 620. The molecule has 3 rings (SSSR count). The Kier molecular flexibility index (Phi) is 4.69. The number of rotatable bonds is 3. The zero-order chi connectivity index (χ0) is 15.5. The van der Waals surface area contributed by atoms with Crippen molar-refractivity contribution in [1.29, 1.82) is 0 Å². The Labute approximate surface area is 133 Å². The summed E-state index contributed by atoms with van der Waals surface area (Å²) in [6.45, 7) is 9.24. The van der Waals surface area contributed by atoms with Gasteiger partial charge in [0.15, 0.2) is 0 Å². The van der Waals surface area contributed by atoms with Crippen molar-refractivity contribution in [2.45, 2.75) is 26.3 Å². The molecule has 3 heterocycles. The van der Waals surface area contributed by atoms with E-state index in [4.69, 9.17) is 0 Å². The highest BCUT2D eigenvalue weighted by atomic mass is 15.2. The van der Waals surface area contributed by atoms with Crippen LogP contribution in [0.3, 0.4) is 0 Å². The van der Waals surface area contributed by atoms with Crippen molar-refractivity contribution in [3.05, 3.63) is 36.2 Å². The summed E-state index contributed by atoms with van der Waals surface area (Å²) in [5.74, 6) is 0.641. The first-order valence-electron chi connectivity index (χ1n) is 8.24. The van der Waals surface area contributed by atoms with Gasteiger partial charge in [0.1, 0.15) is 0 Å². The second kappa shape index (κ2) is 6.71. The first-order valence-corrected chi connectivity index (χ1v) is 8.24. The van der Waals surface area contributed by atoms with Crippen molar-refractivity contribution in [1.82, 2.24) is 19.8 Å². The SMILES string of the molecule is CC(C)N1CCN(C)CC(Cc2ccnc3cccnc23)C1. The minimum atomic E-state index is 0.612. The topological polar surface area (TPSA) is 32.3 Å². The van der Waals surface area contributed by atoms with Crippen LogP contribution < -0.4 is 0 Å². The van der Waals surface area contributed by atoms with Crippen LogP contribution in [0.25, 0.3) is 11.0 Å². The van der Waals surface area contributed by atoms with E-state index >= 15 is 0 Å². The Morgan fingerprint density at radius 2 is 2.00 bits per heavy atom. The van der Waals surface area contributed by atoms with Crippen LogP contribution in [0.4, 0.5) is 0 Å². The Balaban J connectivity index is 1.83. The third kappa shape index (κ3) is 3.45. The van der Waals surface area contributed by atoms with Crippen LogP contribution in [0.2, 0.25) is 0 Å². The minimum Gasteiger partial charge on any atom is -0.305 e. The standard InChI is InChI=1S/C18H26N4/c1-14(2)22-10-9-21(3)12-15(13-22)11-16-6-8-19-17-5-4-7-20-18(16)17/h4-8,14-15H,9-13H2,1-3H3. The number of aromatic nitrogens is 2. The molecule has 4 heteroatoms. The lowest BCUT2D eigenvalue weighted by Crippen LogP contribution is -2.36. The molecule has 1 aliphatic heterocycles. The van der Waals surface area contributed by atoms with Gasteiger partial charge in [-0.1, -0.05) is 0 Å². The van der Waals surface area contributed by atoms with E-state index in [1.807, 2.05) is 24.5 Å². The van der Waals surface area contributed by atoms with Crippen molar-refractivity contribution in [3.8, 4) is 0 Å². The van der Waals surface area contributed by atoms with Gasteiger partial charge >= 0.3 is 0 Å². The van der Waals surface area contributed by atoms with Crippen molar-refractivity contribution in [2.75, 3.05) is 33.2 Å². The molecule has 0 amide bonds. The largest absolute Gasteiger partial charge is 0.305 e. The van der Waals surface area contributed by atoms with E-state index in [0.29, 0.717) is 12.0 Å². The molecule has 118 valence electrons. The summed E-state index contributed by atoms with van der Waals surface area (Å²) < 4.78 is 0. The summed E-state index contributed by atoms with van der Waals surface area (Å²) in [6, 6.07) is 6.76. The normalized spacial score (nSPS) is 21.4. The predicted molar refractivity (Wildman–Crippen MR) is 90.9 cm³/mol. The Hall–Kier alpha value is -1.52. The van der Waals surface area contributed by atoms with E-state index in [2.05, 4.69) is 46.7 Å². The molecule has 1 unspecified atom stereocenters. The molecule has 0 aliphatic carbocycles. The second-order valence-electron chi connectivity index (χ2n) is 6.76. The van der Waals surface area contributed by atoms with Gasteiger partial charge in [0.2, 0.25) is 0 Å². The van der Waals surface area contributed by atoms with Gasteiger partial charge in [-0.05, 0) is 57.0 Å². The molecule has 2 aromatic rings. The summed E-state index contributed by atoms with van der Waals surface area (Å²) in [5, 5.41) is 0. The van der Waals surface area contributed by atoms with Gasteiger partial charge in [-0.25, -0.2) is 0 Å². The fraction of sp³-hybridized carbons (Fsp3) is 0.556. The number of pyridine rings is 2. The maximum Gasteiger partial charge on any atom is 0.0918 e.